The van der Waals surface area contributed by atoms with Crippen LogP contribution in [0.2, 0.25) is 0 Å². The molecule has 0 saturated carbocycles. The van der Waals surface area contributed by atoms with Crippen LogP contribution in [0.5, 0.6) is 28.7 Å². The molecule has 128 valence electrons. The van der Waals surface area contributed by atoms with Gasteiger partial charge in [0.05, 0.1) is 35.5 Å². The van der Waals surface area contributed by atoms with Crippen LogP contribution < -0.4 is 23.7 Å². The molecule has 2 aromatic rings. The second-order valence-electron chi connectivity index (χ2n) is 5.54. The molecule has 0 unspecified atom stereocenters. The summed E-state index contributed by atoms with van der Waals surface area (Å²) in [5, 5.41) is 0. The van der Waals surface area contributed by atoms with Crippen molar-refractivity contribution >= 4 is 0 Å². The summed E-state index contributed by atoms with van der Waals surface area (Å²) in [5.41, 5.74) is 4.47. The van der Waals surface area contributed by atoms with Gasteiger partial charge in [0, 0.05) is 5.56 Å². The van der Waals surface area contributed by atoms with Crippen LogP contribution in [0.3, 0.4) is 0 Å². The Hall–Kier alpha value is -2.56. The Morgan fingerprint density at radius 2 is 1.12 bits per heavy atom. The van der Waals surface area contributed by atoms with Crippen molar-refractivity contribution in [2.24, 2.45) is 0 Å². The van der Waals surface area contributed by atoms with Crippen LogP contribution in [0.15, 0.2) is 18.2 Å². The van der Waals surface area contributed by atoms with Crippen molar-refractivity contribution in [3.63, 3.8) is 0 Å². The molecule has 0 N–H and O–H groups in total. The van der Waals surface area contributed by atoms with E-state index in [1.807, 2.05) is 18.2 Å². The molecule has 3 rings (SSSR count). The summed E-state index contributed by atoms with van der Waals surface area (Å²) in [5.74, 6) is 3.39. The van der Waals surface area contributed by atoms with Crippen molar-refractivity contribution < 1.29 is 23.7 Å². The lowest BCUT2D eigenvalue weighted by molar-refractivity contribution is 0.324. The quantitative estimate of drug-likeness (QED) is 0.840. The van der Waals surface area contributed by atoms with Gasteiger partial charge in [-0.2, -0.15) is 0 Å². The van der Waals surface area contributed by atoms with Gasteiger partial charge in [0.1, 0.15) is 0 Å². The number of methoxy groups -OCH3 is 5. The monoisotopic (exact) mass is 330 g/mol. The summed E-state index contributed by atoms with van der Waals surface area (Å²) >= 11 is 0. The van der Waals surface area contributed by atoms with E-state index in [1.54, 1.807) is 35.5 Å². The van der Waals surface area contributed by atoms with Gasteiger partial charge in [-0.15, -0.1) is 0 Å². The summed E-state index contributed by atoms with van der Waals surface area (Å²) in [6.45, 7) is 0. The molecule has 1 aliphatic rings. The highest BCUT2D eigenvalue weighted by Crippen LogP contribution is 2.51. The van der Waals surface area contributed by atoms with Gasteiger partial charge in [0.25, 0.3) is 0 Å². The third kappa shape index (κ3) is 2.40. The summed E-state index contributed by atoms with van der Waals surface area (Å²) in [7, 11) is 8.18. The van der Waals surface area contributed by atoms with E-state index in [0.29, 0.717) is 23.0 Å². The maximum absolute atomic E-state index is 5.69. The number of rotatable bonds is 5. The zero-order valence-corrected chi connectivity index (χ0v) is 14.7. The fourth-order valence-corrected chi connectivity index (χ4v) is 3.33. The molecule has 0 amide bonds. The molecule has 0 saturated heterocycles. The molecule has 0 aliphatic heterocycles. The van der Waals surface area contributed by atoms with Crippen molar-refractivity contribution in [1.82, 2.24) is 0 Å². The molecule has 0 bridgehead atoms. The smallest absolute Gasteiger partial charge is 0.203 e. The van der Waals surface area contributed by atoms with Gasteiger partial charge in [-0.1, -0.05) is 0 Å². The first-order valence-electron chi connectivity index (χ1n) is 7.75. The molecule has 0 aromatic heterocycles. The predicted molar refractivity (Wildman–Crippen MR) is 92.0 cm³/mol. The highest BCUT2D eigenvalue weighted by atomic mass is 16.5. The van der Waals surface area contributed by atoms with Crippen molar-refractivity contribution in [2.45, 2.75) is 12.8 Å². The number of hydrogen-bond donors (Lipinski definition) is 0. The summed E-state index contributed by atoms with van der Waals surface area (Å²) in [4.78, 5) is 0. The lowest BCUT2D eigenvalue weighted by atomic mass is 9.84. The standard InChI is InChI=1S/C19H22O5/c1-20-14-8-11-6-7-12-9-16(22-3)18(23-4)19(24-5)17(12)13(11)10-15(14)21-2/h8-10H,6-7H2,1-5H3. The molecular weight excluding hydrogens is 308 g/mol. The Morgan fingerprint density at radius 1 is 0.583 bits per heavy atom. The Kier molecular flexibility index (Phi) is 4.42. The van der Waals surface area contributed by atoms with E-state index in [9.17, 15) is 0 Å². The van der Waals surface area contributed by atoms with Gasteiger partial charge in [0.15, 0.2) is 23.0 Å². The largest absolute Gasteiger partial charge is 0.493 e. The van der Waals surface area contributed by atoms with Crippen LogP contribution in [0.25, 0.3) is 11.1 Å². The Balaban J connectivity index is 2.31. The lowest BCUT2D eigenvalue weighted by Gasteiger charge is -2.26. The second-order valence-corrected chi connectivity index (χ2v) is 5.54. The van der Waals surface area contributed by atoms with Gasteiger partial charge in [-0.25, -0.2) is 0 Å². The number of hydrogen-bond acceptors (Lipinski definition) is 5. The summed E-state index contributed by atoms with van der Waals surface area (Å²) in [6, 6.07) is 6.06. The minimum absolute atomic E-state index is 0.599. The maximum Gasteiger partial charge on any atom is 0.203 e. The molecule has 24 heavy (non-hydrogen) atoms. The van der Waals surface area contributed by atoms with Crippen molar-refractivity contribution in [3.05, 3.63) is 29.3 Å². The number of ether oxygens (including phenoxy) is 5. The van der Waals surface area contributed by atoms with E-state index < -0.39 is 0 Å². The minimum Gasteiger partial charge on any atom is -0.493 e. The summed E-state index contributed by atoms with van der Waals surface area (Å²) < 4.78 is 27.6. The van der Waals surface area contributed by atoms with Gasteiger partial charge < -0.3 is 23.7 Å². The molecule has 0 atom stereocenters. The van der Waals surface area contributed by atoms with E-state index in [0.717, 1.165) is 29.7 Å². The van der Waals surface area contributed by atoms with Gasteiger partial charge in [-0.05, 0) is 47.7 Å². The van der Waals surface area contributed by atoms with Gasteiger partial charge in [-0.3, -0.25) is 0 Å². The SMILES string of the molecule is COc1cc2c(cc1OC)-c1c(cc(OC)c(OC)c1OC)CC2. The third-order valence-corrected chi connectivity index (χ3v) is 4.45. The van der Waals surface area contributed by atoms with Crippen LogP contribution in [0.1, 0.15) is 11.1 Å². The van der Waals surface area contributed by atoms with Gasteiger partial charge >= 0.3 is 0 Å². The van der Waals surface area contributed by atoms with Gasteiger partial charge in [0.2, 0.25) is 5.75 Å². The first-order chi connectivity index (χ1) is 11.7. The average molecular weight is 330 g/mol. The molecule has 0 radical (unpaired) electrons. The first-order valence-corrected chi connectivity index (χ1v) is 7.75. The zero-order chi connectivity index (χ0) is 17.3. The molecule has 2 aromatic carbocycles. The van der Waals surface area contributed by atoms with E-state index in [-0.39, 0.29) is 0 Å². The third-order valence-electron chi connectivity index (χ3n) is 4.45. The number of benzene rings is 2. The molecule has 5 nitrogen and oxygen atoms in total. The van der Waals surface area contributed by atoms with E-state index in [2.05, 4.69) is 0 Å². The van der Waals surface area contributed by atoms with Crippen LogP contribution in [-0.4, -0.2) is 35.5 Å². The highest BCUT2D eigenvalue weighted by molar-refractivity contribution is 5.84. The molecule has 1 aliphatic carbocycles. The minimum atomic E-state index is 0.599. The van der Waals surface area contributed by atoms with E-state index in [4.69, 9.17) is 23.7 Å². The normalized spacial score (nSPS) is 12.0. The van der Waals surface area contributed by atoms with E-state index >= 15 is 0 Å². The predicted octanol–water partition coefficient (Wildman–Crippen LogP) is 3.50. The second kappa shape index (κ2) is 6.51. The zero-order valence-electron chi connectivity index (χ0n) is 14.7. The molecule has 0 spiro atoms. The maximum atomic E-state index is 5.69. The number of fused-ring (bicyclic) bond motifs is 3. The Labute approximate surface area is 142 Å². The fourth-order valence-electron chi connectivity index (χ4n) is 3.33. The molecule has 0 heterocycles. The van der Waals surface area contributed by atoms with Crippen LogP contribution in [0.4, 0.5) is 0 Å². The molecule has 5 heteroatoms. The Bertz CT molecular complexity index is 767. The Morgan fingerprint density at radius 3 is 1.71 bits per heavy atom. The van der Waals surface area contributed by atoms with E-state index in [1.165, 1.54) is 11.1 Å². The van der Waals surface area contributed by atoms with Crippen molar-refractivity contribution in [3.8, 4) is 39.9 Å². The lowest BCUT2D eigenvalue weighted by Crippen LogP contribution is -2.08. The van der Waals surface area contributed by atoms with Crippen LogP contribution in [0, 0.1) is 0 Å². The van der Waals surface area contributed by atoms with Crippen molar-refractivity contribution in [1.29, 1.82) is 0 Å². The molecule has 0 fully saturated rings. The molecular formula is C19H22O5. The number of aryl methyl sites for hydroxylation is 2. The highest BCUT2D eigenvalue weighted by Gasteiger charge is 2.27. The van der Waals surface area contributed by atoms with Crippen LogP contribution in [-0.2, 0) is 12.8 Å². The fraction of sp³-hybridized carbons (Fsp3) is 0.368. The first kappa shape index (κ1) is 16.3. The average Bonchev–Trinajstić information content (AvgIpc) is 2.64. The van der Waals surface area contributed by atoms with Crippen LogP contribution >= 0.6 is 0 Å². The van der Waals surface area contributed by atoms with Crippen molar-refractivity contribution in [2.75, 3.05) is 35.5 Å². The topological polar surface area (TPSA) is 46.2 Å². The summed E-state index contributed by atoms with van der Waals surface area (Å²) in [6.07, 6.45) is 1.82.